The Hall–Kier alpha value is -1.04. The Morgan fingerprint density at radius 3 is 2.52 bits per heavy atom. The van der Waals surface area contributed by atoms with E-state index in [0.29, 0.717) is 12.0 Å². The molecule has 21 heavy (non-hydrogen) atoms. The predicted octanol–water partition coefficient (Wildman–Crippen LogP) is 3.65. The highest BCUT2D eigenvalue weighted by molar-refractivity contribution is 5.85. The first-order chi connectivity index (χ1) is 9.52. The number of rotatable bonds is 4. The number of nitrogens with one attached hydrogen (secondary N) is 1. The second-order valence-corrected chi connectivity index (χ2v) is 4.95. The maximum Gasteiger partial charge on any atom is 0.416 e. The van der Waals surface area contributed by atoms with E-state index in [1.54, 1.807) is 12.1 Å². The molecule has 2 nitrogen and oxygen atoms in total. The van der Waals surface area contributed by atoms with Crippen LogP contribution in [0.25, 0.3) is 0 Å². The van der Waals surface area contributed by atoms with Crippen molar-refractivity contribution in [1.29, 1.82) is 0 Å². The van der Waals surface area contributed by atoms with Gasteiger partial charge in [-0.05, 0) is 24.1 Å². The fraction of sp³-hybridized carbons (Fsp3) is 0.467. The molecule has 0 aliphatic carbocycles. The number of hydrogen-bond donors (Lipinski definition) is 1. The van der Waals surface area contributed by atoms with Crippen LogP contribution >= 0.6 is 12.4 Å². The highest BCUT2D eigenvalue weighted by Crippen LogP contribution is 2.33. The van der Waals surface area contributed by atoms with E-state index in [1.807, 2.05) is 0 Å². The Balaban J connectivity index is 0.00000220. The minimum atomic E-state index is -4.29. The van der Waals surface area contributed by atoms with Crippen LogP contribution in [0.2, 0.25) is 0 Å². The van der Waals surface area contributed by atoms with Gasteiger partial charge in [-0.1, -0.05) is 18.2 Å². The highest BCUT2D eigenvalue weighted by atomic mass is 35.5. The fourth-order valence-corrected chi connectivity index (χ4v) is 2.57. The third-order valence-corrected chi connectivity index (χ3v) is 3.58. The summed E-state index contributed by atoms with van der Waals surface area (Å²) in [7, 11) is 0. The molecule has 1 saturated heterocycles. The lowest BCUT2D eigenvalue weighted by Gasteiger charge is -2.35. The van der Waals surface area contributed by atoms with Gasteiger partial charge in [0.25, 0.3) is 0 Å². The number of piperazine rings is 1. The summed E-state index contributed by atoms with van der Waals surface area (Å²) >= 11 is 0. The smallest absolute Gasteiger partial charge is 0.314 e. The minimum Gasteiger partial charge on any atom is -0.314 e. The van der Waals surface area contributed by atoms with Gasteiger partial charge in [-0.3, -0.25) is 4.90 Å². The van der Waals surface area contributed by atoms with Crippen LogP contribution in [-0.2, 0) is 6.18 Å². The minimum absolute atomic E-state index is 0. The summed E-state index contributed by atoms with van der Waals surface area (Å²) in [4.78, 5) is 2.22. The topological polar surface area (TPSA) is 15.3 Å². The van der Waals surface area contributed by atoms with Crippen LogP contribution in [0.15, 0.2) is 36.9 Å². The Morgan fingerprint density at radius 1 is 1.29 bits per heavy atom. The lowest BCUT2D eigenvalue weighted by Crippen LogP contribution is -2.45. The van der Waals surface area contributed by atoms with E-state index >= 15 is 0 Å². The van der Waals surface area contributed by atoms with Crippen molar-refractivity contribution < 1.29 is 13.2 Å². The zero-order valence-electron chi connectivity index (χ0n) is 11.7. The van der Waals surface area contributed by atoms with Gasteiger partial charge < -0.3 is 5.32 Å². The van der Waals surface area contributed by atoms with Crippen molar-refractivity contribution >= 4 is 12.4 Å². The average molecular weight is 321 g/mol. The molecule has 118 valence electrons. The first-order valence-electron chi connectivity index (χ1n) is 6.75. The first-order valence-corrected chi connectivity index (χ1v) is 6.75. The van der Waals surface area contributed by atoms with Gasteiger partial charge in [-0.2, -0.15) is 13.2 Å². The van der Waals surface area contributed by atoms with Gasteiger partial charge >= 0.3 is 6.18 Å². The van der Waals surface area contributed by atoms with Crippen molar-refractivity contribution in [2.45, 2.75) is 18.6 Å². The lowest BCUT2D eigenvalue weighted by molar-refractivity contribution is -0.137. The molecular formula is C15H20ClF3N2. The normalized spacial score (nSPS) is 17.9. The molecular weight excluding hydrogens is 301 g/mol. The van der Waals surface area contributed by atoms with Crippen LogP contribution in [0.5, 0.6) is 0 Å². The molecule has 1 aromatic rings. The van der Waals surface area contributed by atoms with Crippen molar-refractivity contribution in [3.63, 3.8) is 0 Å². The number of nitrogens with zero attached hydrogens (tertiary/aromatic N) is 1. The molecule has 0 radical (unpaired) electrons. The Kier molecular flexibility index (Phi) is 6.71. The van der Waals surface area contributed by atoms with E-state index in [1.165, 1.54) is 12.1 Å². The molecule has 1 aliphatic rings. The molecule has 1 heterocycles. The number of alkyl halides is 3. The second kappa shape index (κ2) is 7.82. The zero-order chi connectivity index (χ0) is 14.6. The predicted molar refractivity (Wildman–Crippen MR) is 80.7 cm³/mol. The van der Waals surface area contributed by atoms with Crippen molar-refractivity contribution in [3.8, 4) is 0 Å². The van der Waals surface area contributed by atoms with E-state index in [0.717, 1.165) is 32.2 Å². The Morgan fingerprint density at radius 2 is 1.95 bits per heavy atom. The summed E-state index contributed by atoms with van der Waals surface area (Å²) in [5.41, 5.74) is 0.126. The summed E-state index contributed by atoms with van der Waals surface area (Å²) < 4.78 is 38.4. The summed E-state index contributed by atoms with van der Waals surface area (Å²) in [5.74, 6) is 0. The fourth-order valence-electron chi connectivity index (χ4n) is 2.57. The van der Waals surface area contributed by atoms with Crippen LogP contribution in [0.4, 0.5) is 13.2 Å². The second-order valence-electron chi connectivity index (χ2n) is 4.95. The summed E-state index contributed by atoms with van der Waals surface area (Å²) in [6, 6.07) is 5.60. The van der Waals surface area contributed by atoms with Crippen LogP contribution in [0.1, 0.15) is 23.6 Å². The quantitative estimate of drug-likeness (QED) is 0.852. The van der Waals surface area contributed by atoms with Crippen molar-refractivity contribution in [1.82, 2.24) is 10.2 Å². The summed E-state index contributed by atoms with van der Waals surface area (Å²) in [6.07, 6.45) is -1.87. The van der Waals surface area contributed by atoms with Gasteiger partial charge in [0, 0.05) is 32.2 Å². The van der Waals surface area contributed by atoms with Crippen LogP contribution in [0, 0.1) is 0 Å². The highest BCUT2D eigenvalue weighted by Gasteiger charge is 2.31. The van der Waals surface area contributed by atoms with Gasteiger partial charge in [-0.15, -0.1) is 19.0 Å². The molecule has 2 rings (SSSR count). The SMILES string of the molecule is C=CC[C@H](c1cccc(C(F)(F)F)c1)N1CCNCC1.Cl. The van der Waals surface area contributed by atoms with E-state index in [4.69, 9.17) is 0 Å². The molecule has 1 fully saturated rings. The van der Waals surface area contributed by atoms with Crippen LogP contribution < -0.4 is 5.32 Å². The van der Waals surface area contributed by atoms with Gasteiger partial charge in [0.1, 0.15) is 0 Å². The van der Waals surface area contributed by atoms with Gasteiger partial charge in [0.15, 0.2) is 0 Å². The summed E-state index contributed by atoms with van der Waals surface area (Å²) in [5, 5.41) is 3.25. The maximum absolute atomic E-state index is 12.8. The van der Waals surface area contributed by atoms with Crippen LogP contribution in [-0.4, -0.2) is 31.1 Å². The third-order valence-electron chi connectivity index (χ3n) is 3.58. The van der Waals surface area contributed by atoms with E-state index in [2.05, 4.69) is 16.8 Å². The first kappa shape index (κ1) is 18.0. The standard InChI is InChI=1S/C15H19F3N2.ClH/c1-2-4-14(20-9-7-19-8-10-20)12-5-3-6-13(11-12)15(16,17)18;/h2-3,5-6,11,14,19H,1,4,7-10H2;1H/t14-;/m1./s1. The molecule has 0 amide bonds. The van der Waals surface area contributed by atoms with E-state index in [-0.39, 0.29) is 18.4 Å². The van der Waals surface area contributed by atoms with Crippen LogP contribution in [0.3, 0.4) is 0 Å². The van der Waals surface area contributed by atoms with Gasteiger partial charge in [0.2, 0.25) is 0 Å². The van der Waals surface area contributed by atoms with E-state index < -0.39 is 11.7 Å². The zero-order valence-corrected chi connectivity index (χ0v) is 12.5. The monoisotopic (exact) mass is 320 g/mol. The van der Waals surface area contributed by atoms with Gasteiger partial charge in [0.05, 0.1) is 5.56 Å². The molecule has 0 saturated carbocycles. The molecule has 0 spiro atoms. The Labute approximate surface area is 129 Å². The number of halogens is 4. The molecule has 1 aliphatic heterocycles. The number of benzene rings is 1. The largest absolute Gasteiger partial charge is 0.416 e. The maximum atomic E-state index is 12.8. The van der Waals surface area contributed by atoms with Crippen molar-refractivity contribution in [3.05, 3.63) is 48.0 Å². The molecule has 6 heteroatoms. The molecule has 1 atom stereocenters. The molecule has 0 bridgehead atoms. The van der Waals surface area contributed by atoms with Crippen molar-refractivity contribution in [2.75, 3.05) is 26.2 Å². The number of hydrogen-bond acceptors (Lipinski definition) is 2. The third kappa shape index (κ3) is 4.73. The average Bonchev–Trinajstić information content (AvgIpc) is 2.45. The summed E-state index contributed by atoms with van der Waals surface area (Å²) in [6.45, 7) is 7.15. The Bertz CT molecular complexity index is 456. The lowest BCUT2D eigenvalue weighted by atomic mass is 9.99. The molecule has 1 N–H and O–H groups in total. The molecule has 0 unspecified atom stereocenters. The van der Waals surface area contributed by atoms with E-state index in [9.17, 15) is 13.2 Å². The van der Waals surface area contributed by atoms with Gasteiger partial charge in [-0.25, -0.2) is 0 Å². The van der Waals surface area contributed by atoms with Crippen molar-refractivity contribution in [2.24, 2.45) is 0 Å². The molecule has 1 aromatic carbocycles. The molecule has 0 aromatic heterocycles.